The fourth-order valence-electron chi connectivity index (χ4n) is 3.09. The lowest BCUT2D eigenvalue weighted by Gasteiger charge is -2.13. The van der Waals surface area contributed by atoms with E-state index in [4.69, 9.17) is 14.2 Å². The second-order valence-electron chi connectivity index (χ2n) is 6.49. The van der Waals surface area contributed by atoms with Crippen LogP contribution in [0.2, 0.25) is 0 Å². The van der Waals surface area contributed by atoms with Crippen molar-refractivity contribution in [2.45, 2.75) is 32.4 Å². The van der Waals surface area contributed by atoms with Gasteiger partial charge < -0.3 is 19.5 Å². The second kappa shape index (κ2) is 8.77. The SMILES string of the molecule is COc1ccc(Cn2nc(C)cc2NC(=O)NC[C@H]2CCCO2)cc1OC. The van der Waals surface area contributed by atoms with Crippen LogP contribution in [0.25, 0.3) is 0 Å². The van der Waals surface area contributed by atoms with Gasteiger partial charge in [0, 0.05) is 19.2 Å². The number of ether oxygens (including phenoxy) is 3. The number of aryl methyl sites for hydroxylation is 1. The molecule has 0 saturated carbocycles. The third kappa shape index (κ3) is 4.91. The quantitative estimate of drug-likeness (QED) is 0.778. The van der Waals surface area contributed by atoms with E-state index >= 15 is 0 Å². The van der Waals surface area contributed by atoms with Crippen LogP contribution in [0.4, 0.5) is 10.6 Å². The first kappa shape index (κ1) is 19.0. The molecule has 1 saturated heterocycles. The Morgan fingerprint density at radius 2 is 2.11 bits per heavy atom. The summed E-state index contributed by atoms with van der Waals surface area (Å²) in [5.74, 6) is 1.96. The number of nitrogens with zero attached hydrogens (tertiary/aromatic N) is 2. The maximum Gasteiger partial charge on any atom is 0.320 e. The maximum atomic E-state index is 12.2. The normalized spacial score (nSPS) is 16.2. The Balaban J connectivity index is 1.65. The first-order valence-corrected chi connectivity index (χ1v) is 9.01. The second-order valence-corrected chi connectivity index (χ2v) is 6.49. The molecule has 0 bridgehead atoms. The molecule has 1 fully saturated rings. The van der Waals surface area contributed by atoms with E-state index in [2.05, 4.69) is 15.7 Å². The van der Waals surface area contributed by atoms with Crippen LogP contribution >= 0.6 is 0 Å². The van der Waals surface area contributed by atoms with Crippen LogP contribution in [0.3, 0.4) is 0 Å². The third-order valence-electron chi connectivity index (χ3n) is 4.44. The van der Waals surface area contributed by atoms with Crippen LogP contribution in [0, 0.1) is 6.92 Å². The minimum absolute atomic E-state index is 0.106. The van der Waals surface area contributed by atoms with Crippen LogP contribution in [0.1, 0.15) is 24.1 Å². The van der Waals surface area contributed by atoms with Gasteiger partial charge in [0.1, 0.15) is 5.82 Å². The molecule has 1 aromatic heterocycles. The molecule has 2 N–H and O–H groups in total. The lowest BCUT2D eigenvalue weighted by molar-refractivity contribution is 0.112. The molecule has 8 heteroatoms. The van der Waals surface area contributed by atoms with E-state index in [1.54, 1.807) is 18.9 Å². The molecule has 2 aromatic rings. The average molecular weight is 374 g/mol. The fourth-order valence-corrected chi connectivity index (χ4v) is 3.09. The highest BCUT2D eigenvalue weighted by Crippen LogP contribution is 2.28. The van der Waals surface area contributed by atoms with Gasteiger partial charge in [-0.05, 0) is 37.5 Å². The van der Waals surface area contributed by atoms with Crippen molar-refractivity contribution in [3.8, 4) is 11.5 Å². The number of carbonyl (C=O) groups excluding carboxylic acids is 1. The van der Waals surface area contributed by atoms with Gasteiger partial charge in [-0.25, -0.2) is 9.48 Å². The number of nitrogens with one attached hydrogen (secondary N) is 2. The predicted molar refractivity (Wildman–Crippen MR) is 102 cm³/mol. The number of rotatable bonds is 7. The van der Waals surface area contributed by atoms with Gasteiger partial charge >= 0.3 is 6.03 Å². The molecule has 1 aliphatic rings. The lowest BCUT2D eigenvalue weighted by atomic mass is 10.2. The van der Waals surface area contributed by atoms with E-state index in [-0.39, 0.29) is 12.1 Å². The summed E-state index contributed by atoms with van der Waals surface area (Å²) in [6, 6.07) is 7.27. The summed E-state index contributed by atoms with van der Waals surface area (Å²) >= 11 is 0. The molecule has 27 heavy (non-hydrogen) atoms. The molecule has 3 rings (SSSR count). The lowest BCUT2D eigenvalue weighted by Crippen LogP contribution is -2.35. The van der Waals surface area contributed by atoms with Crippen molar-refractivity contribution >= 4 is 11.8 Å². The van der Waals surface area contributed by atoms with Crippen molar-refractivity contribution < 1.29 is 19.0 Å². The van der Waals surface area contributed by atoms with Gasteiger partial charge in [0.25, 0.3) is 0 Å². The summed E-state index contributed by atoms with van der Waals surface area (Å²) in [4.78, 5) is 12.2. The summed E-state index contributed by atoms with van der Waals surface area (Å²) in [6.07, 6.45) is 2.14. The van der Waals surface area contributed by atoms with Crippen LogP contribution in [0.5, 0.6) is 11.5 Å². The Hall–Kier alpha value is -2.74. The number of methoxy groups -OCH3 is 2. The van der Waals surface area contributed by atoms with Gasteiger partial charge in [0.15, 0.2) is 11.5 Å². The number of aromatic nitrogens is 2. The third-order valence-corrected chi connectivity index (χ3v) is 4.44. The van der Waals surface area contributed by atoms with Crippen molar-refractivity contribution in [2.24, 2.45) is 0 Å². The highest BCUT2D eigenvalue weighted by molar-refractivity contribution is 5.88. The Kier molecular flexibility index (Phi) is 6.18. The molecule has 2 heterocycles. The Morgan fingerprint density at radius 3 is 2.81 bits per heavy atom. The van der Waals surface area contributed by atoms with Crippen LogP contribution in [-0.4, -0.2) is 49.3 Å². The molecule has 0 aliphatic carbocycles. The number of carbonyl (C=O) groups is 1. The molecule has 0 radical (unpaired) electrons. The largest absolute Gasteiger partial charge is 0.493 e. The molecule has 2 amide bonds. The molecular weight excluding hydrogens is 348 g/mol. The molecule has 1 aliphatic heterocycles. The van der Waals surface area contributed by atoms with Crippen LogP contribution in [-0.2, 0) is 11.3 Å². The number of anilines is 1. The topological polar surface area (TPSA) is 86.6 Å². The first-order valence-electron chi connectivity index (χ1n) is 9.01. The number of urea groups is 1. The van der Waals surface area contributed by atoms with E-state index in [1.807, 2.05) is 31.2 Å². The van der Waals surface area contributed by atoms with E-state index in [1.165, 1.54) is 0 Å². The van der Waals surface area contributed by atoms with Gasteiger partial charge in [0.2, 0.25) is 0 Å². The van der Waals surface area contributed by atoms with Gasteiger partial charge in [0.05, 0.1) is 32.6 Å². The zero-order valence-corrected chi connectivity index (χ0v) is 15.9. The Labute approximate surface area is 158 Å². The van der Waals surface area contributed by atoms with E-state index in [0.717, 1.165) is 30.7 Å². The zero-order valence-electron chi connectivity index (χ0n) is 15.9. The number of hydrogen-bond donors (Lipinski definition) is 2. The van der Waals surface area contributed by atoms with Crippen molar-refractivity contribution in [3.63, 3.8) is 0 Å². The summed E-state index contributed by atoms with van der Waals surface area (Å²) in [5.41, 5.74) is 1.81. The zero-order chi connectivity index (χ0) is 19.2. The summed E-state index contributed by atoms with van der Waals surface area (Å²) < 4.78 is 17.9. The van der Waals surface area contributed by atoms with Crippen molar-refractivity contribution in [1.29, 1.82) is 0 Å². The highest BCUT2D eigenvalue weighted by atomic mass is 16.5. The average Bonchev–Trinajstić information content (AvgIpc) is 3.29. The maximum absolute atomic E-state index is 12.2. The van der Waals surface area contributed by atoms with Gasteiger partial charge in [-0.3, -0.25) is 5.32 Å². The number of amides is 2. The van der Waals surface area contributed by atoms with Crippen molar-refractivity contribution in [3.05, 3.63) is 35.5 Å². The highest BCUT2D eigenvalue weighted by Gasteiger charge is 2.17. The Morgan fingerprint density at radius 1 is 1.30 bits per heavy atom. The molecule has 0 spiro atoms. The Bertz CT molecular complexity index is 784. The number of benzene rings is 1. The summed E-state index contributed by atoms with van der Waals surface area (Å²) in [7, 11) is 3.21. The first-order chi connectivity index (χ1) is 13.1. The van der Waals surface area contributed by atoms with E-state index in [0.29, 0.717) is 30.4 Å². The molecular formula is C19H26N4O4. The molecule has 1 atom stereocenters. The summed E-state index contributed by atoms with van der Waals surface area (Å²) in [6.45, 7) is 3.66. The summed E-state index contributed by atoms with van der Waals surface area (Å²) in [5, 5.41) is 10.2. The minimum atomic E-state index is -0.265. The fraction of sp³-hybridized carbons (Fsp3) is 0.474. The molecule has 146 valence electrons. The van der Waals surface area contributed by atoms with Gasteiger partial charge in [-0.2, -0.15) is 5.10 Å². The smallest absolute Gasteiger partial charge is 0.320 e. The molecule has 0 unspecified atom stereocenters. The minimum Gasteiger partial charge on any atom is -0.493 e. The van der Waals surface area contributed by atoms with Crippen molar-refractivity contribution in [1.82, 2.24) is 15.1 Å². The van der Waals surface area contributed by atoms with Crippen LogP contribution in [0.15, 0.2) is 24.3 Å². The van der Waals surface area contributed by atoms with Gasteiger partial charge in [-0.15, -0.1) is 0 Å². The predicted octanol–water partition coefficient (Wildman–Crippen LogP) is 2.56. The van der Waals surface area contributed by atoms with Crippen molar-refractivity contribution in [2.75, 3.05) is 32.7 Å². The number of hydrogen-bond acceptors (Lipinski definition) is 5. The monoisotopic (exact) mass is 374 g/mol. The van der Waals surface area contributed by atoms with E-state index in [9.17, 15) is 4.79 Å². The van der Waals surface area contributed by atoms with E-state index < -0.39 is 0 Å². The van der Waals surface area contributed by atoms with Crippen LogP contribution < -0.4 is 20.1 Å². The van der Waals surface area contributed by atoms with Gasteiger partial charge in [-0.1, -0.05) is 6.07 Å². The molecule has 1 aromatic carbocycles. The standard InChI is InChI=1S/C19H26N4O4/c1-13-9-18(21-19(24)20-11-15-5-4-8-27-15)23(22-13)12-14-6-7-16(25-2)17(10-14)26-3/h6-7,9-10,15H,4-5,8,11-12H2,1-3H3,(H2,20,21,24)/t15-/m1/s1. The molecule has 8 nitrogen and oxygen atoms in total.